The molecule has 4 rings (SSSR count). The molecule has 0 bridgehead atoms. The quantitative estimate of drug-likeness (QED) is 0.448. The van der Waals surface area contributed by atoms with Gasteiger partial charge < -0.3 is 14.6 Å². The number of hydrogen-bond acceptors (Lipinski definition) is 5. The molecule has 0 amide bonds. The number of carbonyl (C=O) groups excluding carboxylic acids is 1. The first-order valence-electron chi connectivity index (χ1n) is 9.93. The highest BCUT2D eigenvalue weighted by Crippen LogP contribution is 2.33. The number of fused-ring (bicyclic) bond motifs is 1. The Morgan fingerprint density at radius 1 is 1.03 bits per heavy atom. The maximum atomic E-state index is 12.9. The number of pyridine rings is 1. The van der Waals surface area contributed by atoms with E-state index in [4.69, 9.17) is 9.47 Å². The van der Waals surface area contributed by atoms with E-state index in [1.165, 1.54) is 7.11 Å². The number of aromatic amines is 2. The number of methoxy groups -OCH3 is 2. The monoisotopic (exact) mass is 417 g/mol. The molecule has 2 aromatic heterocycles. The van der Waals surface area contributed by atoms with E-state index in [-0.39, 0.29) is 17.9 Å². The molecule has 2 N–H and O–H groups in total. The van der Waals surface area contributed by atoms with E-state index < -0.39 is 5.92 Å². The van der Waals surface area contributed by atoms with Crippen molar-refractivity contribution < 1.29 is 14.3 Å². The average molecular weight is 417 g/mol. The molecule has 31 heavy (non-hydrogen) atoms. The van der Waals surface area contributed by atoms with Crippen LogP contribution in [-0.4, -0.2) is 35.4 Å². The number of carbonyl (C=O) groups is 1. The summed E-state index contributed by atoms with van der Waals surface area (Å²) in [5, 5.41) is 6.60. The number of esters is 1. The predicted octanol–water partition coefficient (Wildman–Crippen LogP) is 3.55. The number of rotatable bonds is 7. The van der Waals surface area contributed by atoms with Gasteiger partial charge in [-0.25, -0.2) is 0 Å². The first kappa shape index (κ1) is 20.4. The van der Waals surface area contributed by atoms with Gasteiger partial charge in [-0.2, -0.15) is 0 Å². The van der Waals surface area contributed by atoms with Crippen molar-refractivity contribution in [1.82, 2.24) is 15.2 Å². The number of H-pyrrole nitrogens is 2. The fourth-order valence-electron chi connectivity index (χ4n) is 3.90. The zero-order chi connectivity index (χ0) is 21.8. The van der Waals surface area contributed by atoms with Crippen LogP contribution in [0.25, 0.3) is 10.9 Å². The number of aromatic nitrogens is 3. The summed E-state index contributed by atoms with van der Waals surface area (Å²) in [5.41, 5.74) is 3.67. The molecular weight excluding hydrogens is 394 g/mol. The van der Waals surface area contributed by atoms with Crippen LogP contribution in [0.3, 0.4) is 0 Å². The summed E-state index contributed by atoms with van der Waals surface area (Å²) < 4.78 is 10.2. The Labute approximate surface area is 179 Å². The Balaban J connectivity index is 1.81. The fraction of sp³-hybridized carbons (Fsp3) is 0.208. The molecule has 7 nitrogen and oxygen atoms in total. The summed E-state index contributed by atoms with van der Waals surface area (Å²) in [7, 11) is 2.97. The van der Waals surface area contributed by atoms with E-state index in [0.717, 1.165) is 33.5 Å². The van der Waals surface area contributed by atoms with Crippen LogP contribution in [0, 0.1) is 0 Å². The van der Waals surface area contributed by atoms with Gasteiger partial charge in [0.1, 0.15) is 5.75 Å². The van der Waals surface area contributed by atoms with Gasteiger partial charge >= 0.3 is 5.97 Å². The molecule has 0 saturated carbocycles. The van der Waals surface area contributed by atoms with E-state index in [1.54, 1.807) is 13.3 Å². The third-order valence-electron chi connectivity index (χ3n) is 5.44. The summed E-state index contributed by atoms with van der Waals surface area (Å²) in [6.07, 6.45) is 2.24. The normalized spacial score (nSPS) is 11.9. The van der Waals surface area contributed by atoms with Gasteiger partial charge in [0.15, 0.2) is 0 Å². The first-order valence-corrected chi connectivity index (χ1v) is 9.93. The van der Waals surface area contributed by atoms with E-state index in [9.17, 15) is 9.59 Å². The summed E-state index contributed by atoms with van der Waals surface area (Å²) in [6.45, 7) is 0. The van der Waals surface area contributed by atoms with Gasteiger partial charge in [0.25, 0.3) is 5.56 Å². The largest absolute Gasteiger partial charge is 0.497 e. The van der Waals surface area contributed by atoms with E-state index in [2.05, 4.69) is 15.2 Å². The maximum Gasteiger partial charge on any atom is 0.306 e. The molecule has 0 spiro atoms. The zero-order valence-electron chi connectivity index (χ0n) is 17.3. The van der Waals surface area contributed by atoms with Crippen molar-refractivity contribution in [1.29, 1.82) is 0 Å². The summed E-state index contributed by atoms with van der Waals surface area (Å²) >= 11 is 0. The lowest BCUT2D eigenvalue weighted by Gasteiger charge is -2.18. The summed E-state index contributed by atoms with van der Waals surface area (Å²) in [6, 6.07) is 17.2. The van der Waals surface area contributed by atoms with Gasteiger partial charge in [-0.15, -0.1) is 0 Å². The SMILES string of the molecule is COC(=O)CC(c1c(Cc2ccc(OC)cc2)[nH][nH]c1=O)c1ccnc2ccccc12. The lowest BCUT2D eigenvalue weighted by Crippen LogP contribution is -2.18. The Bertz CT molecular complexity index is 1250. The molecule has 1 atom stereocenters. The number of nitrogens with one attached hydrogen (secondary N) is 2. The minimum atomic E-state index is -0.483. The Hall–Kier alpha value is -3.87. The molecule has 0 aliphatic carbocycles. The van der Waals surface area contributed by atoms with E-state index >= 15 is 0 Å². The van der Waals surface area contributed by atoms with Crippen LogP contribution in [-0.2, 0) is 16.0 Å². The van der Waals surface area contributed by atoms with Crippen molar-refractivity contribution in [3.05, 3.63) is 93.5 Å². The Morgan fingerprint density at radius 2 is 1.81 bits per heavy atom. The number of nitrogens with zero attached hydrogens (tertiary/aromatic N) is 1. The minimum absolute atomic E-state index is 0.0427. The molecule has 2 heterocycles. The molecule has 0 aliphatic heterocycles. The third-order valence-corrected chi connectivity index (χ3v) is 5.44. The van der Waals surface area contributed by atoms with Gasteiger partial charge in [-0.1, -0.05) is 30.3 Å². The first-order chi connectivity index (χ1) is 15.1. The average Bonchev–Trinajstić information content (AvgIpc) is 3.17. The van der Waals surface area contributed by atoms with Gasteiger partial charge in [-0.3, -0.25) is 19.7 Å². The topological polar surface area (TPSA) is 97.1 Å². The Morgan fingerprint density at radius 3 is 2.55 bits per heavy atom. The van der Waals surface area contributed by atoms with Crippen LogP contribution in [0.4, 0.5) is 0 Å². The molecule has 0 saturated heterocycles. The van der Waals surface area contributed by atoms with E-state index in [1.807, 2.05) is 54.6 Å². The second-order valence-corrected chi connectivity index (χ2v) is 7.25. The van der Waals surface area contributed by atoms with Crippen molar-refractivity contribution in [2.45, 2.75) is 18.8 Å². The lowest BCUT2D eigenvalue weighted by molar-refractivity contribution is -0.140. The number of hydrogen-bond donors (Lipinski definition) is 2. The molecule has 0 aliphatic rings. The van der Waals surface area contributed by atoms with Gasteiger partial charge in [-0.05, 0) is 35.4 Å². The fourth-order valence-corrected chi connectivity index (χ4v) is 3.90. The molecule has 0 fully saturated rings. The van der Waals surface area contributed by atoms with Crippen molar-refractivity contribution in [2.75, 3.05) is 14.2 Å². The Kier molecular flexibility index (Phi) is 5.84. The predicted molar refractivity (Wildman–Crippen MR) is 117 cm³/mol. The highest BCUT2D eigenvalue weighted by Gasteiger charge is 2.27. The van der Waals surface area contributed by atoms with Crippen LogP contribution in [0.1, 0.15) is 34.7 Å². The molecule has 4 aromatic rings. The number of benzene rings is 2. The minimum Gasteiger partial charge on any atom is -0.497 e. The van der Waals surface area contributed by atoms with Crippen molar-refractivity contribution >= 4 is 16.9 Å². The molecule has 158 valence electrons. The van der Waals surface area contributed by atoms with Gasteiger partial charge in [0.2, 0.25) is 0 Å². The third kappa shape index (κ3) is 4.21. The highest BCUT2D eigenvalue weighted by atomic mass is 16.5. The van der Waals surface area contributed by atoms with E-state index in [0.29, 0.717) is 12.0 Å². The molecule has 0 radical (unpaired) electrons. The van der Waals surface area contributed by atoms with Crippen LogP contribution in [0.5, 0.6) is 5.75 Å². The molecular formula is C24H23N3O4. The van der Waals surface area contributed by atoms with Crippen LogP contribution in [0.2, 0.25) is 0 Å². The van der Waals surface area contributed by atoms with Crippen molar-refractivity contribution in [3.8, 4) is 5.75 Å². The molecule has 7 heteroatoms. The summed E-state index contributed by atoms with van der Waals surface area (Å²) in [5.74, 6) is -0.108. The van der Waals surface area contributed by atoms with Crippen molar-refractivity contribution in [2.24, 2.45) is 0 Å². The lowest BCUT2D eigenvalue weighted by atomic mass is 9.85. The second-order valence-electron chi connectivity index (χ2n) is 7.25. The molecule has 1 unspecified atom stereocenters. The highest BCUT2D eigenvalue weighted by molar-refractivity contribution is 5.84. The van der Waals surface area contributed by atoms with Crippen LogP contribution >= 0.6 is 0 Å². The maximum absolute atomic E-state index is 12.9. The number of ether oxygens (including phenoxy) is 2. The van der Waals surface area contributed by atoms with Crippen LogP contribution < -0.4 is 10.3 Å². The van der Waals surface area contributed by atoms with Gasteiger partial charge in [0.05, 0.1) is 26.2 Å². The summed E-state index contributed by atoms with van der Waals surface area (Å²) in [4.78, 5) is 29.6. The van der Waals surface area contributed by atoms with Gasteiger partial charge in [0, 0.05) is 35.2 Å². The van der Waals surface area contributed by atoms with Crippen LogP contribution in [0.15, 0.2) is 65.6 Å². The standard InChI is InChI=1S/C24H23N3O4/c1-30-16-9-7-15(8-10-16)13-21-23(24(29)27-26-21)19(14-22(28)31-2)17-11-12-25-20-6-4-3-5-18(17)20/h3-12,19H,13-14H2,1-2H3,(H2,26,27,29). The smallest absolute Gasteiger partial charge is 0.306 e. The number of para-hydroxylation sites is 1. The second kappa shape index (κ2) is 8.87. The molecule has 2 aromatic carbocycles. The van der Waals surface area contributed by atoms with Crippen molar-refractivity contribution in [3.63, 3.8) is 0 Å². The zero-order valence-corrected chi connectivity index (χ0v) is 17.3.